The van der Waals surface area contributed by atoms with Gasteiger partial charge in [0.25, 0.3) is 5.91 Å². The number of amides is 1. The fourth-order valence-corrected chi connectivity index (χ4v) is 2.56. The summed E-state index contributed by atoms with van der Waals surface area (Å²) in [6.07, 6.45) is 1.64. The van der Waals surface area contributed by atoms with E-state index in [-0.39, 0.29) is 5.91 Å². The summed E-state index contributed by atoms with van der Waals surface area (Å²) >= 11 is 1.06. The number of aryl methyl sites for hydroxylation is 1. The Morgan fingerprint density at radius 1 is 1.24 bits per heavy atom. The topological polar surface area (TPSA) is 67.2 Å². The molecule has 0 spiro atoms. The molecule has 0 bridgehead atoms. The minimum absolute atomic E-state index is 0.293. The molecule has 1 amide bonds. The molecule has 1 heterocycles. The molecule has 104 valence electrons. The molecule has 2 aromatic carbocycles. The van der Waals surface area contributed by atoms with E-state index in [2.05, 4.69) is 20.1 Å². The van der Waals surface area contributed by atoms with Crippen molar-refractivity contribution in [1.29, 1.82) is 0 Å². The standard InChI is InChI=1S/C15H12N4OS/c1-10-14(21-19-17-10)15(20)18-16-9-12-7-4-6-11-5-2-3-8-13(11)12/h2-9H,1H3,(H,18,20). The summed E-state index contributed by atoms with van der Waals surface area (Å²) in [6.45, 7) is 1.74. The minimum Gasteiger partial charge on any atom is -0.266 e. The molecule has 0 saturated heterocycles. The quantitative estimate of drug-likeness (QED) is 0.597. The molecular weight excluding hydrogens is 284 g/mol. The molecule has 0 atom stereocenters. The number of hydrogen-bond acceptors (Lipinski definition) is 5. The van der Waals surface area contributed by atoms with Crippen LogP contribution in [0.1, 0.15) is 20.9 Å². The van der Waals surface area contributed by atoms with Crippen molar-refractivity contribution in [1.82, 2.24) is 15.0 Å². The van der Waals surface area contributed by atoms with Crippen LogP contribution in [0.4, 0.5) is 0 Å². The summed E-state index contributed by atoms with van der Waals surface area (Å²) in [4.78, 5) is 12.4. The average molecular weight is 296 g/mol. The Balaban J connectivity index is 1.80. The van der Waals surface area contributed by atoms with E-state index in [9.17, 15) is 4.79 Å². The van der Waals surface area contributed by atoms with E-state index < -0.39 is 0 Å². The first-order chi connectivity index (χ1) is 10.3. The molecule has 0 radical (unpaired) electrons. The molecule has 21 heavy (non-hydrogen) atoms. The Labute approximate surface area is 125 Å². The van der Waals surface area contributed by atoms with Crippen LogP contribution in [0, 0.1) is 6.92 Å². The van der Waals surface area contributed by atoms with Crippen molar-refractivity contribution < 1.29 is 4.79 Å². The average Bonchev–Trinajstić information content (AvgIpc) is 2.93. The molecule has 0 aliphatic rings. The van der Waals surface area contributed by atoms with Crippen molar-refractivity contribution in [2.75, 3.05) is 0 Å². The Kier molecular flexibility index (Phi) is 3.70. The summed E-state index contributed by atoms with van der Waals surface area (Å²) in [5, 5.41) is 10.0. The van der Waals surface area contributed by atoms with Crippen LogP contribution in [0.5, 0.6) is 0 Å². The Morgan fingerprint density at radius 3 is 2.86 bits per heavy atom. The normalized spacial score (nSPS) is 11.1. The zero-order chi connectivity index (χ0) is 14.7. The van der Waals surface area contributed by atoms with Crippen LogP contribution in [0.3, 0.4) is 0 Å². The number of nitrogens with one attached hydrogen (secondary N) is 1. The van der Waals surface area contributed by atoms with Crippen LogP contribution in [0.25, 0.3) is 10.8 Å². The van der Waals surface area contributed by atoms with Crippen molar-refractivity contribution in [2.24, 2.45) is 5.10 Å². The fraction of sp³-hybridized carbons (Fsp3) is 0.0667. The number of hydrogen-bond donors (Lipinski definition) is 1. The second kappa shape index (κ2) is 5.80. The third-order valence-electron chi connectivity index (χ3n) is 3.05. The number of carbonyl (C=O) groups excluding carboxylic acids is 1. The van der Waals surface area contributed by atoms with E-state index in [1.54, 1.807) is 13.1 Å². The number of nitrogens with zero attached hydrogens (tertiary/aromatic N) is 3. The van der Waals surface area contributed by atoms with Crippen molar-refractivity contribution in [3.05, 3.63) is 58.6 Å². The van der Waals surface area contributed by atoms with Gasteiger partial charge in [0.15, 0.2) is 0 Å². The van der Waals surface area contributed by atoms with Gasteiger partial charge in [-0.15, -0.1) is 5.10 Å². The van der Waals surface area contributed by atoms with Crippen molar-refractivity contribution >= 4 is 34.4 Å². The molecule has 3 rings (SSSR count). The van der Waals surface area contributed by atoms with Gasteiger partial charge in [-0.3, -0.25) is 4.79 Å². The number of carbonyl (C=O) groups is 1. The number of hydrazone groups is 1. The van der Waals surface area contributed by atoms with Crippen molar-refractivity contribution in [3.8, 4) is 0 Å². The third-order valence-corrected chi connectivity index (χ3v) is 3.88. The summed E-state index contributed by atoms with van der Waals surface area (Å²) in [5.74, 6) is -0.293. The van der Waals surface area contributed by atoms with Gasteiger partial charge in [0.05, 0.1) is 11.9 Å². The van der Waals surface area contributed by atoms with Gasteiger partial charge in [-0.1, -0.05) is 47.0 Å². The highest BCUT2D eigenvalue weighted by atomic mass is 32.1. The Bertz CT molecular complexity index is 820. The van der Waals surface area contributed by atoms with Crippen molar-refractivity contribution in [2.45, 2.75) is 6.92 Å². The molecule has 3 aromatic rings. The Morgan fingerprint density at radius 2 is 2.05 bits per heavy atom. The summed E-state index contributed by atoms with van der Waals surface area (Å²) in [7, 11) is 0. The first-order valence-electron chi connectivity index (χ1n) is 6.36. The molecule has 1 aromatic heterocycles. The van der Waals surface area contributed by atoms with Crippen LogP contribution in [0.15, 0.2) is 47.6 Å². The summed E-state index contributed by atoms with van der Waals surface area (Å²) < 4.78 is 3.73. The molecule has 0 aliphatic carbocycles. The lowest BCUT2D eigenvalue weighted by Gasteiger charge is -2.01. The van der Waals surface area contributed by atoms with Gasteiger partial charge in [-0.05, 0) is 29.2 Å². The minimum atomic E-state index is -0.293. The van der Waals surface area contributed by atoms with Crippen molar-refractivity contribution in [3.63, 3.8) is 0 Å². The summed E-state index contributed by atoms with van der Waals surface area (Å²) in [6, 6.07) is 14.0. The zero-order valence-corrected chi connectivity index (χ0v) is 12.1. The maximum absolute atomic E-state index is 11.9. The van der Waals surface area contributed by atoms with Gasteiger partial charge >= 0.3 is 0 Å². The molecule has 0 fully saturated rings. The van der Waals surface area contributed by atoms with E-state index in [1.165, 1.54) is 0 Å². The van der Waals surface area contributed by atoms with Gasteiger partial charge < -0.3 is 0 Å². The smallest absolute Gasteiger partial charge is 0.266 e. The fourth-order valence-electron chi connectivity index (χ4n) is 2.01. The molecule has 1 N–H and O–H groups in total. The first kappa shape index (κ1) is 13.4. The SMILES string of the molecule is Cc1nnsc1C(=O)NN=Cc1cccc2ccccc12. The second-order valence-electron chi connectivity index (χ2n) is 4.45. The third kappa shape index (κ3) is 2.80. The van der Waals surface area contributed by atoms with Gasteiger partial charge in [0.2, 0.25) is 0 Å². The highest BCUT2D eigenvalue weighted by Crippen LogP contribution is 2.16. The van der Waals surface area contributed by atoms with Crippen LogP contribution >= 0.6 is 11.5 Å². The molecular formula is C15H12N4OS. The maximum Gasteiger partial charge on any atom is 0.285 e. The molecule has 6 heteroatoms. The number of benzene rings is 2. The van der Waals surface area contributed by atoms with Gasteiger partial charge in [-0.25, -0.2) is 5.43 Å². The lowest BCUT2D eigenvalue weighted by atomic mass is 10.1. The molecule has 0 aliphatic heterocycles. The largest absolute Gasteiger partial charge is 0.285 e. The number of aromatic nitrogens is 2. The van der Waals surface area contributed by atoms with Gasteiger partial charge in [-0.2, -0.15) is 5.10 Å². The van der Waals surface area contributed by atoms with Crippen LogP contribution in [-0.4, -0.2) is 21.7 Å². The van der Waals surface area contributed by atoms with Crippen LogP contribution < -0.4 is 5.43 Å². The predicted molar refractivity (Wildman–Crippen MR) is 83.7 cm³/mol. The molecule has 0 unspecified atom stereocenters. The first-order valence-corrected chi connectivity index (χ1v) is 7.13. The van der Waals surface area contributed by atoms with Crippen LogP contribution in [0.2, 0.25) is 0 Å². The monoisotopic (exact) mass is 296 g/mol. The van der Waals surface area contributed by atoms with E-state index in [0.29, 0.717) is 10.6 Å². The van der Waals surface area contributed by atoms with E-state index in [0.717, 1.165) is 27.9 Å². The van der Waals surface area contributed by atoms with Gasteiger partial charge in [0, 0.05) is 5.56 Å². The van der Waals surface area contributed by atoms with Gasteiger partial charge in [0.1, 0.15) is 4.88 Å². The Hall–Kier alpha value is -2.60. The van der Waals surface area contributed by atoms with E-state index in [4.69, 9.17) is 0 Å². The van der Waals surface area contributed by atoms with Crippen LogP contribution in [-0.2, 0) is 0 Å². The number of fused-ring (bicyclic) bond motifs is 1. The molecule has 0 saturated carbocycles. The zero-order valence-electron chi connectivity index (χ0n) is 11.3. The highest BCUT2D eigenvalue weighted by molar-refractivity contribution is 7.07. The van der Waals surface area contributed by atoms with E-state index >= 15 is 0 Å². The molecule has 5 nitrogen and oxygen atoms in total. The lowest BCUT2D eigenvalue weighted by molar-refractivity contribution is 0.0958. The highest BCUT2D eigenvalue weighted by Gasteiger charge is 2.11. The maximum atomic E-state index is 11.9. The summed E-state index contributed by atoms with van der Waals surface area (Å²) in [5.41, 5.74) is 4.06. The number of rotatable bonds is 3. The lowest BCUT2D eigenvalue weighted by Crippen LogP contribution is -2.17. The second-order valence-corrected chi connectivity index (χ2v) is 5.21. The van der Waals surface area contributed by atoms with E-state index in [1.807, 2.05) is 42.5 Å². The predicted octanol–water partition coefficient (Wildman–Crippen LogP) is 2.76.